The number of nitrogens with zero attached hydrogens (tertiary/aromatic N) is 3. The van der Waals surface area contributed by atoms with Crippen molar-refractivity contribution in [1.29, 1.82) is 0 Å². The van der Waals surface area contributed by atoms with Gasteiger partial charge in [-0.25, -0.2) is 18.2 Å². The molecule has 2 N–H and O–H groups in total. The van der Waals surface area contributed by atoms with Gasteiger partial charge in [0, 0.05) is 32.4 Å². The first-order valence-corrected chi connectivity index (χ1v) is 9.91. The highest BCUT2D eigenvalue weighted by Gasteiger charge is 2.46. The molecule has 3 heterocycles. The fraction of sp³-hybridized carbons (Fsp3) is 0.533. The minimum atomic E-state index is -4.48. The first-order valence-electron chi connectivity index (χ1n) is 8.30. The summed E-state index contributed by atoms with van der Waals surface area (Å²) in [6.45, 7) is 1.94. The number of hydrogen-bond donors (Lipinski definition) is 2. The minimum absolute atomic E-state index is 0.0800. The molecule has 0 spiro atoms. The van der Waals surface area contributed by atoms with E-state index in [2.05, 4.69) is 10.3 Å². The van der Waals surface area contributed by atoms with Gasteiger partial charge in [-0.05, 0) is 19.1 Å². The lowest BCUT2D eigenvalue weighted by atomic mass is 10.1. The Kier molecular flexibility index (Phi) is 5.00. The second kappa shape index (κ2) is 6.88. The number of pyridine rings is 1. The Labute approximate surface area is 158 Å². The number of hydrogen-bond acceptors (Lipinski definition) is 6. The first-order chi connectivity index (χ1) is 12.9. The van der Waals surface area contributed by atoms with Crippen LogP contribution in [0.25, 0.3) is 0 Å². The molecule has 0 radical (unpaired) electrons. The van der Waals surface area contributed by atoms with Crippen LogP contribution < -0.4 is 15.5 Å². The summed E-state index contributed by atoms with van der Waals surface area (Å²) in [6.07, 6.45) is -3.74. The van der Waals surface area contributed by atoms with Gasteiger partial charge in [0.15, 0.2) is 0 Å². The molecular weight excluding hydrogens is 403 g/mol. The number of aromatic nitrogens is 1. The van der Waals surface area contributed by atoms with Gasteiger partial charge in [0.1, 0.15) is 11.4 Å². The van der Waals surface area contributed by atoms with Gasteiger partial charge in [-0.15, -0.1) is 0 Å². The first kappa shape index (κ1) is 20.3. The van der Waals surface area contributed by atoms with Crippen molar-refractivity contribution in [2.24, 2.45) is 0 Å². The third kappa shape index (κ3) is 4.04. The van der Waals surface area contributed by atoms with E-state index in [0.29, 0.717) is 5.82 Å². The number of amides is 3. The molecule has 0 aromatic carbocycles. The molecule has 1 aromatic heterocycles. The standard InChI is InChI=1S/C15H18F3N5O4S/c1-14(12(24)20-13(25)21-14)9-28(26,27)23-6-4-22(5-7-23)11-3-2-10(8-19-11)15(16,17)18/h2-3,8H,4-7,9H2,1H3,(H2,20,21,24,25)/t14-/m0/s1. The van der Waals surface area contributed by atoms with Crippen molar-refractivity contribution < 1.29 is 31.2 Å². The van der Waals surface area contributed by atoms with Crippen molar-refractivity contribution in [3.05, 3.63) is 23.9 Å². The zero-order chi connectivity index (χ0) is 20.7. The summed E-state index contributed by atoms with van der Waals surface area (Å²) in [5, 5.41) is 4.32. The largest absolute Gasteiger partial charge is 0.417 e. The molecule has 28 heavy (non-hydrogen) atoms. The Morgan fingerprint density at radius 3 is 2.29 bits per heavy atom. The molecule has 2 fully saturated rings. The number of carbonyl (C=O) groups is 2. The van der Waals surface area contributed by atoms with Crippen molar-refractivity contribution in [2.45, 2.75) is 18.6 Å². The van der Waals surface area contributed by atoms with Crippen LogP contribution in [0.4, 0.5) is 23.8 Å². The van der Waals surface area contributed by atoms with Crippen LogP contribution in [0.1, 0.15) is 12.5 Å². The smallest absolute Gasteiger partial charge is 0.354 e. The van der Waals surface area contributed by atoms with Crippen LogP contribution in [0.15, 0.2) is 18.3 Å². The van der Waals surface area contributed by atoms with Gasteiger partial charge in [0.2, 0.25) is 10.0 Å². The minimum Gasteiger partial charge on any atom is -0.354 e. The number of nitrogens with one attached hydrogen (secondary N) is 2. The zero-order valence-corrected chi connectivity index (χ0v) is 15.6. The van der Waals surface area contributed by atoms with Crippen molar-refractivity contribution in [2.75, 3.05) is 36.8 Å². The summed E-state index contributed by atoms with van der Waals surface area (Å²) in [4.78, 5) is 28.6. The third-order valence-corrected chi connectivity index (χ3v) is 6.71. The molecule has 154 valence electrons. The summed E-state index contributed by atoms with van der Waals surface area (Å²) >= 11 is 0. The van der Waals surface area contributed by atoms with E-state index in [0.717, 1.165) is 12.3 Å². The molecule has 1 atom stereocenters. The Bertz CT molecular complexity index is 882. The van der Waals surface area contributed by atoms with Gasteiger partial charge >= 0.3 is 12.2 Å². The molecule has 3 rings (SSSR count). The molecule has 0 bridgehead atoms. The Morgan fingerprint density at radius 2 is 1.82 bits per heavy atom. The zero-order valence-electron chi connectivity index (χ0n) is 14.8. The number of imide groups is 1. The van der Waals surface area contributed by atoms with Crippen molar-refractivity contribution >= 4 is 27.8 Å². The van der Waals surface area contributed by atoms with Gasteiger partial charge in [0.05, 0.1) is 11.3 Å². The predicted molar refractivity (Wildman–Crippen MR) is 91.9 cm³/mol. The van der Waals surface area contributed by atoms with Crippen LogP contribution in [-0.4, -0.2) is 67.1 Å². The van der Waals surface area contributed by atoms with Crippen LogP contribution in [0, 0.1) is 0 Å². The molecular formula is C15H18F3N5O4S. The summed E-state index contributed by atoms with van der Waals surface area (Å²) < 4.78 is 64.3. The topological polar surface area (TPSA) is 112 Å². The normalized spacial score (nSPS) is 24.2. The molecule has 13 heteroatoms. The Morgan fingerprint density at radius 1 is 1.18 bits per heavy atom. The number of carbonyl (C=O) groups excluding carboxylic acids is 2. The van der Waals surface area contributed by atoms with Crippen LogP contribution in [0.3, 0.4) is 0 Å². The van der Waals surface area contributed by atoms with Crippen molar-refractivity contribution in [3.63, 3.8) is 0 Å². The Balaban J connectivity index is 1.63. The maximum absolute atomic E-state index is 12.6. The number of anilines is 1. The van der Waals surface area contributed by atoms with E-state index in [1.54, 1.807) is 4.90 Å². The van der Waals surface area contributed by atoms with Crippen LogP contribution in [-0.2, 0) is 21.0 Å². The Hall–Kier alpha value is -2.41. The summed E-state index contributed by atoms with van der Waals surface area (Å²) in [6, 6.07) is 1.42. The van der Waals surface area contributed by atoms with E-state index in [4.69, 9.17) is 0 Å². The van der Waals surface area contributed by atoms with Crippen LogP contribution in [0.5, 0.6) is 0 Å². The van der Waals surface area contributed by atoms with E-state index in [-0.39, 0.29) is 26.2 Å². The molecule has 2 aliphatic rings. The summed E-state index contributed by atoms with van der Waals surface area (Å²) in [5.74, 6) is -0.982. The van der Waals surface area contributed by atoms with Gasteiger partial charge in [0.25, 0.3) is 5.91 Å². The third-order valence-electron chi connectivity index (χ3n) is 4.62. The second-order valence-electron chi connectivity index (χ2n) is 6.79. The average Bonchev–Trinajstić information content (AvgIpc) is 2.85. The molecule has 1 aromatic rings. The number of piperazine rings is 1. The van der Waals surface area contributed by atoms with E-state index >= 15 is 0 Å². The highest BCUT2D eigenvalue weighted by Crippen LogP contribution is 2.29. The van der Waals surface area contributed by atoms with Gasteiger partial charge in [-0.3, -0.25) is 10.1 Å². The monoisotopic (exact) mass is 421 g/mol. The molecule has 2 saturated heterocycles. The van der Waals surface area contributed by atoms with E-state index < -0.39 is 45.0 Å². The quantitative estimate of drug-likeness (QED) is 0.670. The SMILES string of the molecule is C[C@@]1(CS(=O)(=O)N2CCN(c3ccc(C(F)(F)F)cn3)CC2)NC(=O)NC1=O. The van der Waals surface area contributed by atoms with E-state index in [1.165, 1.54) is 17.3 Å². The highest BCUT2D eigenvalue weighted by molar-refractivity contribution is 7.89. The van der Waals surface area contributed by atoms with E-state index in [9.17, 15) is 31.2 Å². The number of urea groups is 1. The molecule has 2 aliphatic heterocycles. The number of rotatable bonds is 4. The highest BCUT2D eigenvalue weighted by atomic mass is 32.2. The number of sulfonamides is 1. The van der Waals surface area contributed by atoms with Gasteiger partial charge in [-0.1, -0.05) is 0 Å². The van der Waals surface area contributed by atoms with Crippen molar-refractivity contribution in [3.8, 4) is 0 Å². The lowest BCUT2D eigenvalue weighted by Crippen LogP contribution is -2.55. The molecule has 0 unspecified atom stereocenters. The number of halogens is 3. The average molecular weight is 421 g/mol. The van der Waals surface area contributed by atoms with Gasteiger partial charge in [-0.2, -0.15) is 17.5 Å². The molecule has 9 nitrogen and oxygen atoms in total. The number of alkyl halides is 3. The van der Waals surface area contributed by atoms with Gasteiger partial charge < -0.3 is 10.2 Å². The molecule has 0 saturated carbocycles. The maximum atomic E-state index is 12.6. The summed E-state index contributed by atoms with van der Waals surface area (Å²) in [5.41, 5.74) is -2.41. The molecule has 3 amide bonds. The lowest BCUT2D eigenvalue weighted by molar-refractivity contribution is -0.137. The van der Waals surface area contributed by atoms with Crippen molar-refractivity contribution in [1.82, 2.24) is 19.9 Å². The lowest BCUT2D eigenvalue weighted by Gasteiger charge is -2.35. The maximum Gasteiger partial charge on any atom is 0.417 e. The van der Waals surface area contributed by atoms with E-state index in [1.807, 2.05) is 5.32 Å². The van der Waals surface area contributed by atoms with Crippen LogP contribution >= 0.6 is 0 Å². The summed E-state index contributed by atoms with van der Waals surface area (Å²) in [7, 11) is -3.85. The van der Waals surface area contributed by atoms with Crippen LogP contribution in [0.2, 0.25) is 0 Å². The second-order valence-corrected chi connectivity index (χ2v) is 8.75. The predicted octanol–water partition coefficient (Wildman–Crippen LogP) is 0.150. The fourth-order valence-electron chi connectivity index (χ4n) is 3.07. The fourth-order valence-corrected chi connectivity index (χ4v) is 4.91. The molecule has 0 aliphatic carbocycles.